The van der Waals surface area contributed by atoms with Crippen LogP contribution in [0.25, 0.3) is 0 Å². The first-order valence-electron chi connectivity index (χ1n) is 18.2. The van der Waals surface area contributed by atoms with E-state index >= 15 is 0 Å². The summed E-state index contributed by atoms with van der Waals surface area (Å²) >= 11 is 0. The Kier molecular flexibility index (Phi) is 35.1. The summed E-state index contributed by atoms with van der Waals surface area (Å²) in [6.07, 6.45) is 46.2. The average Bonchev–Trinajstić information content (AvgIpc) is 3.01. The van der Waals surface area contributed by atoms with E-state index < -0.39 is 6.10 Å². The standard InChI is InChI=1S/C39H70O4/c1-3-5-7-9-10-11-12-13-14-15-16-17-18-19-20-21-22-23-24-25-26-27-28-29-31-33-35-42-37-38(36-40)43-39(41)34-32-30-8-6-4-2/h5,7,10-11,13-14,16-17,38,40H,3-4,6,8-9,12,15,18-37H2,1-2H3/b7-5-,11-10-,14-13-,17-16-. The van der Waals surface area contributed by atoms with Crippen molar-refractivity contribution in [2.24, 2.45) is 0 Å². The van der Waals surface area contributed by atoms with E-state index in [1.807, 2.05) is 0 Å². The van der Waals surface area contributed by atoms with Gasteiger partial charge in [0.2, 0.25) is 0 Å². The molecule has 0 aromatic rings. The van der Waals surface area contributed by atoms with Crippen LogP contribution in [0.3, 0.4) is 0 Å². The first kappa shape index (κ1) is 41.4. The van der Waals surface area contributed by atoms with E-state index in [0.717, 1.165) is 44.9 Å². The largest absolute Gasteiger partial charge is 0.457 e. The maximum absolute atomic E-state index is 11.9. The number of carbonyl (C=O) groups is 1. The number of rotatable bonds is 33. The number of carbonyl (C=O) groups excluding carboxylic acids is 1. The quantitative estimate of drug-likeness (QED) is 0.0461. The maximum Gasteiger partial charge on any atom is 0.306 e. The SMILES string of the molecule is CC/C=C\C/C=C\C/C=C\C/C=C\CCCCCCCCCCCCCCCOCC(CO)OC(=O)CCCCCCC. The Morgan fingerprint density at radius 1 is 0.581 bits per heavy atom. The van der Waals surface area contributed by atoms with E-state index in [1.54, 1.807) is 0 Å². The van der Waals surface area contributed by atoms with Gasteiger partial charge in [0.1, 0.15) is 6.10 Å². The van der Waals surface area contributed by atoms with Crippen LogP contribution in [0.4, 0.5) is 0 Å². The summed E-state index contributed by atoms with van der Waals surface area (Å²) in [5, 5.41) is 9.45. The second-order valence-corrected chi connectivity index (χ2v) is 11.9. The van der Waals surface area contributed by atoms with Gasteiger partial charge in [-0.25, -0.2) is 0 Å². The molecular weight excluding hydrogens is 532 g/mol. The first-order chi connectivity index (χ1) is 21.2. The summed E-state index contributed by atoms with van der Waals surface area (Å²) in [6.45, 7) is 5.15. The Bertz CT molecular complexity index is 679. The molecule has 0 bridgehead atoms. The van der Waals surface area contributed by atoms with Crippen LogP contribution in [0.5, 0.6) is 0 Å². The van der Waals surface area contributed by atoms with Crippen molar-refractivity contribution in [3.63, 3.8) is 0 Å². The number of aliphatic hydroxyl groups is 1. The van der Waals surface area contributed by atoms with Gasteiger partial charge in [-0.2, -0.15) is 0 Å². The Balaban J connectivity index is 3.36. The van der Waals surface area contributed by atoms with Crippen molar-refractivity contribution in [1.82, 2.24) is 0 Å². The third-order valence-electron chi connectivity index (χ3n) is 7.67. The van der Waals surface area contributed by atoms with E-state index in [2.05, 4.69) is 62.5 Å². The van der Waals surface area contributed by atoms with Crippen LogP contribution in [0, 0.1) is 0 Å². The van der Waals surface area contributed by atoms with E-state index in [1.165, 1.54) is 103 Å². The van der Waals surface area contributed by atoms with Gasteiger partial charge < -0.3 is 14.6 Å². The van der Waals surface area contributed by atoms with Crippen LogP contribution >= 0.6 is 0 Å². The smallest absolute Gasteiger partial charge is 0.306 e. The van der Waals surface area contributed by atoms with Crippen molar-refractivity contribution in [2.45, 2.75) is 174 Å². The predicted molar refractivity (Wildman–Crippen MR) is 187 cm³/mol. The zero-order chi connectivity index (χ0) is 31.3. The molecule has 0 saturated carbocycles. The van der Waals surface area contributed by atoms with Crippen molar-refractivity contribution in [2.75, 3.05) is 19.8 Å². The molecule has 0 radical (unpaired) electrons. The summed E-state index contributed by atoms with van der Waals surface area (Å²) in [4.78, 5) is 11.9. The topological polar surface area (TPSA) is 55.8 Å². The fourth-order valence-corrected chi connectivity index (χ4v) is 4.96. The zero-order valence-electron chi connectivity index (χ0n) is 28.5. The minimum absolute atomic E-state index is 0.172. The monoisotopic (exact) mass is 603 g/mol. The molecule has 1 atom stereocenters. The molecule has 43 heavy (non-hydrogen) atoms. The highest BCUT2D eigenvalue weighted by Gasteiger charge is 2.13. The number of esters is 1. The highest BCUT2D eigenvalue weighted by atomic mass is 16.6. The Morgan fingerprint density at radius 3 is 1.58 bits per heavy atom. The van der Waals surface area contributed by atoms with Gasteiger partial charge in [0.15, 0.2) is 0 Å². The first-order valence-corrected chi connectivity index (χ1v) is 18.2. The summed E-state index contributed by atoms with van der Waals surface area (Å²) in [5.74, 6) is -0.215. The Hall–Kier alpha value is -1.65. The van der Waals surface area contributed by atoms with Crippen molar-refractivity contribution >= 4 is 5.97 Å². The molecular formula is C39H70O4. The van der Waals surface area contributed by atoms with Gasteiger partial charge in [0.25, 0.3) is 0 Å². The van der Waals surface area contributed by atoms with E-state index in [-0.39, 0.29) is 12.6 Å². The van der Waals surface area contributed by atoms with E-state index in [0.29, 0.717) is 19.6 Å². The van der Waals surface area contributed by atoms with Gasteiger partial charge in [-0.1, -0.05) is 159 Å². The van der Waals surface area contributed by atoms with Crippen molar-refractivity contribution in [1.29, 1.82) is 0 Å². The third kappa shape index (κ3) is 34.7. The zero-order valence-corrected chi connectivity index (χ0v) is 28.5. The number of ether oxygens (including phenoxy) is 2. The molecule has 0 spiro atoms. The number of hydrogen-bond acceptors (Lipinski definition) is 4. The predicted octanol–water partition coefficient (Wildman–Crippen LogP) is 11.5. The third-order valence-corrected chi connectivity index (χ3v) is 7.67. The lowest BCUT2D eigenvalue weighted by atomic mass is 10.0. The molecule has 250 valence electrons. The molecule has 1 unspecified atom stereocenters. The van der Waals surface area contributed by atoms with Crippen molar-refractivity contribution < 1.29 is 19.4 Å². The molecule has 0 aliphatic rings. The Labute approximate surface area is 267 Å². The fraction of sp³-hybridized carbons (Fsp3) is 0.769. The van der Waals surface area contributed by atoms with Gasteiger partial charge >= 0.3 is 5.97 Å². The van der Waals surface area contributed by atoms with E-state index in [4.69, 9.17) is 9.47 Å². The van der Waals surface area contributed by atoms with Crippen LogP contribution in [0.2, 0.25) is 0 Å². The summed E-state index contributed by atoms with van der Waals surface area (Å²) < 4.78 is 11.0. The van der Waals surface area contributed by atoms with Crippen LogP contribution in [0.1, 0.15) is 168 Å². The minimum Gasteiger partial charge on any atom is -0.457 e. The van der Waals surface area contributed by atoms with Crippen LogP contribution in [-0.4, -0.2) is 37.0 Å². The second-order valence-electron chi connectivity index (χ2n) is 11.9. The van der Waals surface area contributed by atoms with Gasteiger partial charge in [0, 0.05) is 13.0 Å². The minimum atomic E-state index is -0.528. The number of allylic oxidation sites excluding steroid dienone is 8. The summed E-state index contributed by atoms with van der Waals surface area (Å²) in [5.41, 5.74) is 0. The number of aliphatic hydroxyl groups excluding tert-OH is 1. The molecule has 0 aliphatic heterocycles. The molecule has 1 N–H and O–H groups in total. The molecule has 0 aliphatic carbocycles. The summed E-state index contributed by atoms with van der Waals surface area (Å²) in [7, 11) is 0. The van der Waals surface area contributed by atoms with Crippen LogP contribution < -0.4 is 0 Å². The molecule has 0 aromatic carbocycles. The fourth-order valence-electron chi connectivity index (χ4n) is 4.96. The highest BCUT2D eigenvalue weighted by molar-refractivity contribution is 5.69. The Morgan fingerprint density at radius 2 is 1.05 bits per heavy atom. The molecule has 4 heteroatoms. The van der Waals surface area contributed by atoms with Crippen molar-refractivity contribution in [3.8, 4) is 0 Å². The lowest BCUT2D eigenvalue weighted by Crippen LogP contribution is -2.27. The number of unbranched alkanes of at least 4 members (excludes halogenated alkanes) is 17. The molecule has 0 rings (SSSR count). The highest BCUT2D eigenvalue weighted by Crippen LogP contribution is 2.13. The lowest BCUT2D eigenvalue weighted by Gasteiger charge is -2.15. The lowest BCUT2D eigenvalue weighted by molar-refractivity contribution is -0.154. The summed E-state index contributed by atoms with van der Waals surface area (Å²) in [6, 6.07) is 0. The molecule has 0 fully saturated rings. The molecule has 0 heterocycles. The number of hydrogen-bond donors (Lipinski definition) is 1. The molecule has 0 aromatic heterocycles. The van der Waals surface area contributed by atoms with Gasteiger partial charge in [0.05, 0.1) is 13.2 Å². The van der Waals surface area contributed by atoms with E-state index in [9.17, 15) is 9.90 Å². The van der Waals surface area contributed by atoms with Crippen molar-refractivity contribution in [3.05, 3.63) is 48.6 Å². The maximum atomic E-state index is 11.9. The van der Waals surface area contributed by atoms with Gasteiger partial charge in [-0.3, -0.25) is 4.79 Å². The average molecular weight is 603 g/mol. The molecule has 0 saturated heterocycles. The van der Waals surface area contributed by atoms with Gasteiger partial charge in [-0.05, 0) is 51.4 Å². The normalized spacial score (nSPS) is 12.9. The van der Waals surface area contributed by atoms with Crippen LogP contribution in [0.15, 0.2) is 48.6 Å². The van der Waals surface area contributed by atoms with Gasteiger partial charge in [-0.15, -0.1) is 0 Å². The molecule has 4 nitrogen and oxygen atoms in total. The molecule has 0 amide bonds. The van der Waals surface area contributed by atoms with Crippen LogP contribution in [-0.2, 0) is 14.3 Å². The second kappa shape index (κ2) is 36.5.